The Labute approximate surface area is 225 Å². The van der Waals surface area contributed by atoms with E-state index in [9.17, 15) is 33.4 Å². The molecular weight excluding hydrogens is 570 g/mol. The highest BCUT2D eigenvalue weighted by atomic mass is 31.2. The van der Waals surface area contributed by atoms with E-state index in [4.69, 9.17) is 38.5 Å². The van der Waals surface area contributed by atoms with Gasteiger partial charge in [0.1, 0.15) is 13.2 Å². The van der Waals surface area contributed by atoms with E-state index in [0.29, 0.717) is 19.3 Å². The molecule has 39 heavy (non-hydrogen) atoms. The average molecular weight is 608 g/mol. The fourth-order valence-electron chi connectivity index (χ4n) is 2.68. The molecule has 0 aliphatic carbocycles. The summed E-state index contributed by atoms with van der Waals surface area (Å²) in [6, 6.07) is 0. The van der Waals surface area contributed by atoms with Crippen LogP contribution >= 0.6 is 15.2 Å². The minimum atomic E-state index is -5.55. The maximum atomic E-state index is 11.8. The molecule has 0 aromatic heterocycles. The van der Waals surface area contributed by atoms with Crippen LogP contribution in [0, 0.1) is 0 Å². The van der Waals surface area contributed by atoms with Crippen LogP contribution in [0.4, 0.5) is 9.59 Å². The summed E-state index contributed by atoms with van der Waals surface area (Å²) >= 11 is 0. The molecule has 0 rings (SSSR count). The van der Waals surface area contributed by atoms with Gasteiger partial charge in [0.15, 0.2) is 6.10 Å². The monoisotopic (exact) mass is 608 g/mol. The number of aliphatic hydroxyl groups is 1. The number of unbranched alkanes of at least 4 members (excludes halogenated alkanes) is 2. The summed E-state index contributed by atoms with van der Waals surface area (Å²) in [6.07, 6.45) is -2.18. The number of esters is 2. The Bertz CT molecular complexity index is 866. The van der Waals surface area contributed by atoms with E-state index in [1.54, 1.807) is 13.8 Å². The van der Waals surface area contributed by atoms with Crippen LogP contribution in [0.1, 0.15) is 58.8 Å². The minimum Gasteiger partial charge on any atom is -0.462 e. The van der Waals surface area contributed by atoms with Gasteiger partial charge in [-0.25, -0.2) is 9.59 Å². The minimum absolute atomic E-state index is 0.00609. The van der Waals surface area contributed by atoms with Gasteiger partial charge in [0.05, 0.1) is 6.61 Å². The molecule has 0 radical (unpaired) electrons. The number of alkyl carbamates (subject to hydrolysis) is 2. The number of carbonyl (C=O) groups excluding carboxylic acids is 4. The molecule has 0 aromatic carbocycles. The summed E-state index contributed by atoms with van der Waals surface area (Å²) in [5, 5.41) is 10.9. The molecule has 7 N–H and O–H groups in total. The Hall–Kier alpha value is -2.26. The average Bonchev–Trinajstić information content (AvgIpc) is 2.85. The first-order valence-electron chi connectivity index (χ1n) is 12.1. The second kappa shape index (κ2) is 18.2. The highest BCUT2D eigenvalue weighted by Gasteiger charge is 2.58. The van der Waals surface area contributed by atoms with Crippen LogP contribution in [0.2, 0.25) is 0 Å². The molecule has 0 heterocycles. The standard InChI is InChI=1S/C20H38N2O15P2/c1-3-16(23)35-13-15(37-17(24)4-2)14-36-19(26)21-10-6-5-7-12-34-18(25)22-11-8-9-20(27,38(28,29)30)39(31,32)33/h15,27H,3-14H2,1-2H3,(H,21,26)(H,22,25)(H2,28,29,30)(H2,31,32,33). The SMILES string of the molecule is CCC(=O)OCC(COC(=O)NCCCCCOC(=O)NCCCC(O)(P(=O)(O)O)P(=O)(O)O)OC(=O)CC. The van der Waals surface area contributed by atoms with Crippen LogP contribution in [0.25, 0.3) is 0 Å². The first-order valence-corrected chi connectivity index (χ1v) is 15.3. The highest BCUT2D eigenvalue weighted by Crippen LogP contribution is 2.69. The molecule has 0 bridgehead atoms. The van der Waals surface area contributed by atoms with E-state index in [1.165, 1.54) is 0 Å². The molecule has 0 aliphatic rings. The van der Waals surface area contributed by atoms with Crippen LogP contribution in [0.15, 0.2) is 0 Å². The van der Waals surface area contributed by atoms with Crippen molar-refractivity contribution in [3.05, 3.63) is 0 Å². The zero-order valence-electron chi connectivity index (χ0n) is 21.8. The van der Waals surface area contributed by atoms with Crippen molar-refractivity contribution in [2.24, 2.45) is 0 Å². The van der Waals surface area contributed by atoms with E-state index in [0.717, 1.165) is 0 Å². The van der Waals surface area contributed by atoms with E-state index >= 15 is 0 Å². The third-order valence-electron chi connectivity index (χ3n) is 4.92. The summed E-state index contributed by atoms with van der Waals surface area (Å²) in [7, 11) is -11.1. The van der Waals surface area contributed by atoms with Gasteiger partial charge in [-0.3, -0.25) is 18.7 Å². The quantitative estimate of drug-likeness (QED) is 0.0460. The number of ether oxygens (including phenoxy) is 4. The van der Waals surface area contributed by atoms with Gasteiger partial charge in [-0.2, -0.15) is 0 Å². The number of carbonyl (C=O) groups is 4. The second-order valence-electron chi connectivity index (χ2n) is 8.12. The maximum absolute atomic E-state index is 11.8. The molecule has 0 saturated carbocycles. The molecule has 17 nitrogen and oxygen atoms in total. The number of hydrogen-bond acceptors (Lipinski definition) is 11. The lowest BCUT2D eigenvalue weighted by Gasteiger charge is -2.29. The number of amides is 2. The normalized spacial score (nSPS) is 12.7. The molecule has 0 spiro atoms. The van der Waals surface area contributed by atoms with Gasteiger partial charge in [-0.1, -0.05) is 13.8 Å². The Morgan fingerprint density at radius 1 is 0.744 bits per heavy atom. The zero-order chi connectivity index (χ0) is 30.1. The predicted octanol–water partition coefficient (Wildman–Crippen LogP) is 0.666. The van der Waals surface area contributed by atoms with Crippen molar-refractivity contribution in [3.8, 4) is 0 Å². The van der Waals surface area contributed by atoms with Crippen LogP contribution in [-0.2, 0) is 37.7 Å². The summed E-state index contributed by atoms with van der Waals surface area (Å²) in [6.45, 7) is 2.59. The number of nitrogens with one attached hydrogen (secondary N) is 2. The molecule has 2 amide bonds. The summed E-state index contributed by atoms with van der Waals surface area (Å²) < 4.78 is 42.3. The molecule has 0 aliphatic heterocycles. The van der Waals surface area contributed by atoms with Gasteiger partial charge < -0.3 is 54.3 Å². The van der Waals surface area contributed by atoms with Crippen molar-refractivity contribution in [2.75, 3.05) is 32.9 Å². The lowest BCUT2D eigenvalue weighted by molar-refractivity contribution is -0.161. The molecular formula is C20H38N2O15P2. The lowest BCUT2D eigenvalue weighted by Crippen LogP contribution is -2.33. The second-order valence-corrected chi connectivity index (χ2v) is 12.1. The predicted molar refractivity (Wildman–Crippen MR) is 132 cm³/mol. The smallest absolute Gasteiger partial charge is 0.407 e. The highest BCUT2D eigenvalue weighted by molar-refractivity contribution is 7.72. The van der Waals surface area contributed by atoms with Crippen LogP contribution in [0.5, 0.6) is 0 Å². The molecule has 0 fully saturated rings. The largest absolute Gasteiger partial charge is 0.462 e. The Kier molecular flexibility index (Phi) is 17.1. The summed E-state index contributed by atoms with van der Waals surface area (Å²) in [5.41, 5.74) is 0. The van der Waals surface area contributed by atoms with Gasteiger partial charge >= 0.3 is 39.3 Å². The van der Waals surface area contributed by atoms with E-state index in [2.05, 4.69) is 10.6 Å². The van der Waals surface area contributed by atoms with E-state index in [1.807, 2.05) is 0 Å². The lowest BCUT2D eigenvalue weighted by atomic mass is 10.2. The molecule has 1 unspecified atom stereocenters. The van der Waals surface area contributed by atoms with Gasteiger partial charge in [0, 0.05) is 32.4 Å². The number of hydrogen-bond donors (Lipinski definition) is 7. The molecule has 1 atom stereocenters. The fraction of sp³-hybridized carbons (Fsp3) is 0.800. The third kappa shape index (κ3) is 15.2. The van der Waals surface area contributed by atoms with Crippen molar-refractivity contribution >= 4 is 39.3 Å². The summed E-state index contributed by atoms with van der Waals surface area (Å²) in [5.74, 6) is -1.04. The first-order chi connectivity index (χ1) is 18.1. The topological polar surface area (TPSA) is 265 Å². The Morgan fingerprint density at radius 3 is 1.79 bits per heavy atom. The van der Waals surface area contributed by atoms with Crippen molar-refractivity contribution < 1.29 is 71.9 Å². The molecule has 0 aromatic rings. The van der Waals surface area contributed by atoms with Gasteiger partial charge in [-0.05, 0) is 25.7 Å². The van der Waals surface area contributed by atoms with E-state index < -0.39 is 56.9 Å². The number of rotatable bonds is 19. The van der Waals surface area contributed by atoms with Gasteiger partial charge in [0.25, 0.3) is 5.08 Å². The summed E-state index contributed by atoms with van der Waals surface area (Å²) in [4.78, 5) is 82.3. The van der Waals surface area contributed by atoms with Crippen molar-refractivity contribution in [1.82, 2.24) is 10.6 Å². The Morgan fingerprint density at radius 2 is 1.26 bits per heavy atom. The Balaban J connectivity index is 4.08. The van der Waals surface area contributed by atoms with E-state index in [-0.39, 0.29) is 52.2 Å². The van der Waals surface area contributed by atoms with Crippen LogP contribution < -0.4 is 10.6 Å². The maximum Gasteiger partial charge on any atom is 0.407 e. The first kappa shape index (κ1) is 36.7. The molecule has 19 heteroatoms. The van der Waals surface area contributed by atoms with Crippen molar-refractivity contribution in [1.29, 1.82) is 0 Å². The fourth-order valence-corrected chi connectivity index (χ4v) is 4.94. The molecule has 228 valence electrons. The van der Waals surface area contributed by atoms with Crippen molar-refractivity contribution in [2.45, 2.75) is 70.0 Å². The van der Waals surface area contributed by atoms with Crippen LogP contribution in [-0.4, -0.2) is 92.9 Å². The van der Waals surface area contributed by atoms with Crippen LogP contribution in [0.3, 0.4) is 0 Å². The molecule has 0 saturated heterocycles. The van der Waals surface area contributed by atoms with Crippen molar-refractivity contribution in [3.63, 3.8) is 0 Å². The van der Waals surface area contributed by atoms with Gasteiger partial charge in [0.2, 0.25) is 0 Å². The third-order valence-corrected chi connectivity index (χ3v) is 8.80. The van der Waals surface area contributed by atoms with Gasteiger partial charge in [-0.15, -0.1) is 0 Å². The zero-order valence-corrected chi connectivity index (χ0v) is 23.6.